The highest BCUT2D eigenvalue weighted by molar-refractivity contribution is 5.61. The van der Waals surface area contributed by atoms with Crippen LogP contribution in [0.2, 0.25) is 0 Å². The fourth-order valence-corrected chi connectivity index (χ4v) is 3.01. The quantitative estimate of drug-likeness (QED) is 0.639. The van der Waals surface area contributed by atoms with Gasteiger partial charge in [0.05, 0.1) is 19.3 Å². The van der Waals surface area contributed by atoms with E-state index in [-0.39, 0.29) is 5.95 Å². The molecule has 8 nitrogen and oxygen atoms in total. The summed E-state index contributed by atoms with van der Waals surface area (Å²) >= 11 is 0. The molecule has 0 saturated carbocycles. The third kappa shape index (κ3) is 3.31. The molecule has 0 atom stereocenters. The van der Waals surface area contributed by atoms with E-state index in [2.05, 4.69) is 25.8 Å². The van der Waals surface area contributed by atoms with Crippen LogP contribution in [0.1, 0.15) is 17.0 Å². The van der Waals surface area contributed by atoms with E-state index < -0.39 is 0 Å². The topological polar surface area (TPSA) is 111 Å². The molecule has 0 spiro atoms. The maximum atomic E-state index is 5.82. The Hall–Kier alpha value is -3.13. The number of hydrogen-bond acceptors (Lipinski definition) is 8. The summed E-state index contributed by atoms with van der Waals surface area (Å²) in [5, 5.41) is 10.7. The minimum absolute atomic E-state index is 0.268. The molecule has 3 heterocycles. The van der Waals surface area contributed by atoms with E-state index in [4.69, 9.17) is 15.0 Å². The average molecular weight is 352 g/mol. The molecule has 1 aliphatic heterocycles. The van der Waals surface area contributed by atoms with Crippen molar-refractivity contribution in [1.82, 2.24) is 20.4 Å². The summed E-state index contributed by atoms with van der Waals surface area (Å²) in [6, 6.07) is 9.60. The number of benzene rings is 1. The van der Waals surface area contributed by atoms with Crippen molar-refractivity contribution in [1.29, 1.82) is 0 Å². The zero-order chi connectivity index (χ0) is 17.9. The van der Waals surface area contributed by atoms with E-state index >= 15 is 0 Å². The number of ether oxygens (including phenoxy) is 1. The van der Waals surface area contributed by atoms with Crippen molar-refractivity contribution in [2.24, 2.45) is 0 Å². The lowest BCUT2D eigenvalue weighted by Gasteiger charge is -2.19. The highest BCUT2D eigenvalue weighted by Crippen LogP contribution is 2.25. The van der Waals surface area contributed by atoms with Gasteiger partial charge in [-0.25, -0.2) is 4.98 Å². The van der Waals surface area contributed by atoms with Crippen LogP contribution in [0.3, 0.4) is 0 Å². The number of nitrogens with two attached hydrogens (primary N) is 1. The molecule has 2 aromatic heterocycles. The molecule has 1 aliphatic rings. The van der Waals surface area contributed by atoms with Crippen LogP contribution >= 0.6 is 0 Å². The number of fused-ring (bicyclic) bond motifs is 1. The molecule has 0 amide bonds. The van der Waals surface area contributed by atoms with Crippen LogP contribution in [-0.2, 0) is 19.5 Å². The Balaban J connectivity index is 1.51. The molecule has 1 aromatic carbocycles. The van der Waals surface area contributed by atoms with Gasteiger partial charge < -0.3 is 25.6 Å². The van der Waals surface area contributed by atoms with Gasteiger partial charge in [0.1, 0.15) is 17.3 Å². The standard InChI is InChI=1S/C18H20N6O2/c1-25-12-4-2-3-11(7-12)15-8-13(26-24-15)9-21-17-14-5-6-20-10-16(14)22-18(19)23-17/h2-4,7-8,20H,5-6,9-10H2,1H3,(H3,19,21,22,23). The predicted molar refractivity (Wildman–Crippen MR) is 97.7 cm³/mol. The zero-order valence-electron chi connectivity index (χ0n) is 14.5. The number of anilines is 2. The summed E-state index contributed by atoms with van der Waals surface area (Å²) < 4.78 is 10.7. The van der Waals surface area contributed by atoms with Crippen molar-refractivity contribution < 1.29 is 9.26 Å². The second kappa shape index (κ2) is 7.01. The summed E-state index contributed by atoms with van der Waals surface area (Å²) in [6.07, 6.45) is 0.864. The van der Waals surface area contributed by atoms with Crippen LogP contribution in [-0.4, -0.2) is 28.8 Å². The van der Waals surface area contributed by atoms with Crippen molar-refractivity contribution in [3.8, 4) is 17.0 Å². The zero-order valence-corrected chi connectivity index (χ0v) is 14.5. The van der Waals surface area contributed by atoms with Crippen molar-refractivity contribution in [3.05, 3.63) is 47.3 Å². The number of methoxy groups -OCH3 is 1. The van der Waals surface area contributed by atoms with Crippen LogP contribution in [0, 0.1) is 0 Å². The molecule has 4 rings (SSSR count). The van der Waals surface area contributed by atoms with E-state index in [1.807, 2.05) is 30.3 Å². The van der Waals surface area contributed by atoms with Crippen LogP contribution in [0.15, 0.2) is 34.9 Å². The average Bonchev–Trinajstić information content (AvgIpc) is 3.15. The minimum Gasteiger partial charge on any atom is -0.497 e. The molecular formula is C18H20N6O2. The molecule has 0 bridgehead atoms. The summed E-state index contributed by atoms with van der Waals surface area (Å²) in [7, 11) is 1.64. The first kappa shape index (κ1) is 16.3. The predicted octanol–water partition coefficient (Wildman–Crippen LogP) is 1.98. The highest BCUT2D eigenvalue weighted by atomic mass is 16.5. The van der Waals surface area contributed by atoms with E-state index in [1.165, 1.54) is 0 Å². The Labute approximate surface area is 150 Å². The first-order valence-corrected chi connectivity index (χ1v) is 8.43. The number of hydrogen-bond donors (Lipinski definition) is 3. The Kier molecular flexibility index (Phi) is 4.40. The molecule has 0 unspecified atom stereocenters. The normalized spacial score (nSPS) is 13.3. The van der Waals surface area contributed by atoms with E-state index in [0.29, 0.717) is 18.8 Å². The Bertz CT molecular complexity index is 924. The van der Waals surface area contributed by atoms with Crippen LogP contribution < -0.4 is 21.1 Å². The molecule has 0 fully saturated rings. The first-order chi connectivity index (χ1) is 12.7. The third-order valence-electron chi connectivity index (χ3n) is 4.31. The molecule has 26 heavy (non-hydrogen) atoms. The maximum absolute atomic E-state index is 5.82. The number of rotatable bonds is 5. The van der Waals surface area contributed by atoms with Gasteiger partial charge in [0, 0.05) is 23.7 Å². The molecule has 0 aliphatic carbocycles. The molecule has 3 aromatic rings. The smallest absolute Gasteiger partial charge is 0.222 e. The van der Waals surface area contributed by atoms with Gasteiger partial charge >= 0.3 is 0 Å². The van der Waals surface area contributed by atoms with Gasteiger partial charge in [0.2, 0.25) is 5.95 Å². The monoisotopic (exact) mass is 352 g/mol. The van der Waals surface area contributed by atoms with Crippen LogP contribution in [0.4, 0.5) is 11.8 Å². The fraction of sp³-hybridized carbons (Fsp3) is 0.278. The summed E-state index contributed by atoms with van der Waals surface area (Å²) in [4.78, 5) is 8.64. The first-order valence-electron chi connectivity index (χ1n) is 8.43. The lowest BCUT2D eigenvalue weighted by Crippen LogP contribution is -2.26. The summed E-state index contributed by atoms with van der Waals surface area (Å²) in [5.74, 6) is 2.52. The Morgan fingerprint density at radius 1 is 1.31 bits per heavy atom. The number of aromatic nitrogens is 3. The second-order valence-electron chi connectivity index (χ2n) is 6.05. The highest BCUT2D eigenvalue weighted by Gasteiger charge is 2.17. The van der Waals surface area contributed by atoms with Crippen LogP contribution in [0.25, 0.3) is 11.3 Å². The maximum Gasteiger partial charge on any atom is 0.222 e. The lowest BCUT2D eigenvalue weighted by atomic mass is 10.1. The number of nitrogens with one attached hydrogen (secondary N) is 2. The van der Waals surface area contributed by atoms with Gasteiger partial charge in [0.25, 0.3) is 0 Å². The van der Waals surface area contributed by atoms with Gasteiger partial charge in [-0.15, -0.1) is 0 Å². The van der Waals surface area contributed by atoms with Gasteiger partial charge in [0.15, 0.2) is 5.76 Å². The van der Waals surface area contributed by atoms with E-state index in [1.54, 1.807) is 7.11 Å². The van der Waals surface area contributed by atoms with Crippen molar-refractivity contribution in [2.75, 3.05) is 24.7 Å². The van der Waals surface area contributed by atoms with Crippen molar-refractivity contribution in [2.45, 2.75) is 19.5 Å². The lowest BCUT2D eigenvalue weighted by molar-refractivity contribution is 0.390. The van der Waals surface area contributed by atoms with E-state index in [9.17, 15) is 0 Å². The summed E-state index contributed by atoms with van der Waals surface area (Å²) in [5.41, 5.74) is 9.57. The molecule has 0 radical (unpaired) electrons. The molecule has 8 heteroatoms. The van der Waals surface area contributed by atoms with Crippen molar-refractivity contribution >= 4 is 11.8 Å². The van der Waals surface area contributed by atoms with Gasteiger partial charge in [-0.2, -0.15) is 4.98 Å². The minimum atomic E-state index is 0.268. The molecule has 134 valence electrons. The Morgan fingerprint density at radius 2 is 2.23 bits per heavy atom. The molecule has 4 N–H and O–H groups in total. The third-order valence-corrected chi connectivity index (χ3v) is 4.31. The Morgan fingerprint density at radius 3 is 3.12 bits per heavy atom. The summed E-state index contributed by atoms with van der Waals surface area (Å²) in [6.45, 7) is 2.07. The largest absolute Gasteiger partial charge is 0.497 e. The number of nitrogen functional groups attached to an aromatic ring is 1. The van der Waals surface area contributed by atoms with Crippen molar-refractivity contribution in [3.63, 3.8) is 0 Å². The molecular weight excluding hydrogens is 332 g/mol. The van der Waals surface area contributed by atoms with Gasteiger partial charge in [-0.1, -0.05) is 17.3 Å². The second-order valence-corrected chi connectivity index (χ2v) is 6.05. The van der Waals surface area contributed by atoms with Gasteiger partial charge in [-0.3, -0.25) is 0 Å². The van der Waals surface area contributed by atoms with Gasteiger partial charge in [-0.05, 0) is 25.1 Å². The number of nitrogens with zero attached hydrogens (tertiary/aromatic N) is 3. The van der Waals surface area contributed by atoms with E-state index in [0.717, 1.165) is 47.0 Å². The fourth-order valence-electron chi connectivity index (χ4n) is 3.01. The molecule has 0 saturated heterocycles. The SMILES string of the molecule is COc1cccc(-c2cc(CNc3nc(N)nc4c3CCNC4)on2)c1. The van der Waals surface area contributed by atoms with Crippen LogP contribution in [0.5, 0.6) is 5.75 Å².